The first kappa shape index (κ1) is 13.3. The largest absolute Gasteiger partial charge is 0.343 e. The van der Waals surface area contributed by atoms with Gasteiger partial charge in [0.15, 0.2) is 0 Å². The molecule has 0 aromatic heterocycles. The Balaban J connectivity index is 1.90. The summed E-state index contributed by atoms with van der Waals surface area (Å²) in [6.45, 7) is 7.90. The van der Waals surface area contributed by atoms with Crippen molar-refractivity contribution in [3.05, 3.63) is 23.7 Å². The van der Waals surface area contributed by atoms with Crippen molar-refractivity contribution < 1.29 is 0 Å². The third-order valence-corrected chi connectivity index (χ3v) is 3.48. The van der Waals surface area contributed by atoms with E-state index in [9.17, 15) is 0 Å². The van der Waals surface area contributed by atoms with E-state index >= 15 is 0 Å². The third-order valence-electron chi connectivity index (χ3n) is 3.48. The van der Waals surface area contributed by atoms with Gasteiger partial charge in [-0.1, -0.05) is 19.9 Å². The van der Waals surface area contributed by atoms with Gasteiger partial charge in [-0.15, -0.1) is 0 Å². The third kappa shape index (κ3) is 3.98. The Hall–Kier alpha value is -1.09. The minimum Gasteiger partial charge on any atom is -0.343 e. The lowest BCUT2D eigenvalue weighted by Crippen LogP contribution is -2.28. The molecule has 0 radical (unpaired) electrons. The number of aliphatic imine (C=N–C) groups is 1. The summed E-state index contributed by atoms with van der Waals surface area (Å²) >= 11 is 0. The lowest BCUT2D eigenvalue weighted by atomic mass is 10.1. The molecule has 1 fully saturated rings. The summed E-state index contributed by atoms with van der Waals surface area (Å²) in [5, 5.41) is 3.49. The van der Waals surface area contributed by atoms with Crippen molar-refractivity contribution in [2.45, 2.75) is 39.5 Å². The van der Waals surface area contributed by atoms with E-state index in [-0.39, 0.29) is 0 Å². The van der Waals surface area contributed by atoms with Crippen molar-refractivity contribution >= 4 is 6.21 Å². The average molecular weight is 247 g/mol. The molecular weight excluding hydrogens is 222 g/mol. The summed E-state index contributed by atoms with van der Waals surface area (Å²) in [6, 6.07) is 0. The van der Waals surface area contributed by atoms with Crippen LogP contribution < -0.4 is 5.32 Å². The highest BCUT2D eigenvalue weighted by Crippen LogP contribution is 2.13. The fourth-order valence-corrected chi connectivity index (χ4v) is 2.45. The zero-order valence-corrected chi connectivity index (χ0v) is 11.7. The number of likely N-dealkylation sites (tertiary alicyclic amines) is 1. The number of hydrogen-bond acceptors (Lipinski definition) is 3. The average Bonchev–Trinajstić information content (AvgIpc) is 2.85. The second-order valence-corrected chi connectivity index (χ2v) is 5.33. The summed E-state index contributed by atoms with van der Waals surface area (Å²) in [7, 11) is 0. The Morgan fingerprint density at radius 1 is 1.50 bits per heavy atom. The normalized spacial score (nSPS) is 25.3. The lowest BCUT2D eigenvalue weighted by molar-refractivity contribution is 0.362. The van der Waals surface area contributed by atoms with Gasteiger partial charge in [-0.25, -0.2) is 4.99 Å². The maximum absolute atomic E-state index is 4.47. The molecule has 100 valence electrons. The van der Waals surface area contributed by atoms with Gasteiger partial charge in [-0.05, 0) is 50.8 Å². The summed E-state index contributed by atoms with van der Waals surface area (Å²) in [4.78, 5) is 6.99. The van der Waals surface area contributed by atoms with Crippen LogP contribution in [-0.4, -0.2) is 30.7 Å². The van der Waals surface area contributed by atoms with Crippen LogP contribution in [0.25, 0.3) is 0 Å². The van der Waals surface area contributed by atoms with Gasteiger partial charge >= 0.3 is 0 Å². The molecule has 3 heteroatoms. The van der Waals surface area contributed by atoms with Gasteiger partial charge in [-0.2, -0.15) is 0 Å². The van der Waals surface area contributed by atoms with Gasteiger partial charge in [-0.3, -0.25) is 4.90 Å². The van der Waals surface area contributed by atoms with Crippen molar-refractivity contribution in [1.29, 1.82) is 0 Å². The van der Waals surface area contributed by atoms with Crippen LogP contribution in [0, 0.1) is 5.92 Å². The van der Waals surface area contributed by atoms with Crippen LogP contribution in [-0.2, 0) is 0 Å². The predicted octanol–water partition coefficient (Wildman–Crippen LogP) is 2.92. The summed E-state index contributed by atoms with van der Waals surface area (Å²) in [5.74, 6) is 1.60. The van der Waals surface area contributed by atoms with Gasteiger partial charge < -0.3 is 5.32 Å². The molecule has 2 aliphatic heterocycles. The van der Waals surface area contributed by atoms with E-state index in [1.165, 1.54) is 31.6 Å². The van der Waals surface area contributed by atoms with Crippen LogP contribution in [0.3, 0.4) is 0 Å². The van der Waals surface area contributed by atoms with E-state index in [1.807, 2.05) is 6.21 Å². The quantitative estimate of drug-likeness (QED) is 0.809. The first-order valence-electron chi connectivity index (χ1n) is 7.20. The Morgan fingerprint density at radius 3 is 2.89 bits per heavy atom. The van der Waals surface area contributed by atoms with Gasteiger partial charge in [0.05, 0.1) is 0 Å². The fraction of sp³-hybridized carbons (Fsp3) is 0.667. The van der Waals surface area contributed by atoms with Crippen molar-refractivity contribution in [3.63, 3.8) is 0 Å². The summed E-state index contributed by atoms with van der Waals surface area (Å²) in [6.07, 6.45) is 11.4. The molecule has 1 N–H and O–H groups in total. The molecule has 2 rings (SSSR count). The van der Waals surface area contributed by atoms with Gasteiger partial charge in [0.1, 0.15) is 5.82 Å². The first-order valence-corrected chi connectivity index (χ1v) is 7.20. The van der Waals surface area contributed by atoms with Gasteiger partial charge in [0.25, 0.3) is 0 Å². The predicted molar refractivity (Wildman–Crippen MR) is 77.5 cm³/mol. The molecule has 2 heterocycles. The van der Waals surface area contributed by atoms with Crippen LogP contribution in [0.1, 0.15) is 39.5 Å². The molecule has 0 amide bonds. The van der Waals surface area contributed by atoms with Crippen molar-refractivity contribution in [3.8, 4) is 0 Å². The molecule has 0 spiro atoms. The van der Waals surface area contributed by atoms with E-state index < -0.39 is 0 Å². The number of nitrogens with one attached hydrogen (secondary N) is 1. The summed E-state index contributed by atoms with van der Waals surface area (Å²) < 4.78 is 0. The standard InChI is InChI=1S/C15H25N3/c1-3-6-14(12-18-9-4-5-10-18)17-15-8-7-13(2)11-16-15/h6,8,11,13,17H,3-5,7,9-10,12H2,1-2H3/b14-6+. The monoisotopic (exact) mass is 247 g/mol. The first-order chi connectivity index (χ1) is 8.78. The maximum atomic E-state index is 4.47. The highest BCUT2D eigenvalue weighted by Gasteiger charge is 2.14. The van der Waals surface area contributed by atoms with Crippen molar-refractivity contribution in [2.75, 3.05) is 19.6 Å². The van der Waals surface area contributed by atoms with Crippen molar-refractivity contribution in [2.24, 2.45) is 10.9 Å². The van der Waals surface area contributed by atoms with E-state index in [2.05, 4.69) is 41.2 Å². The Bertz CT molecular complexity index is 349. The smallest absolute Gasteiger partial charge is 0.125 e. The Morgan fingerprint density at radius 2 is 2.28 bits per heavy atom. The number of rotatable bonds is 5. The van der Waals surface area contributed by atoms with E-state index in [4.69, 9.17) is 0 Å². The molecule has 1 unspecified atom stereocenters. The molecule has 1 saturated heterocycles. The minimum atomic E-state index is 0.577. The van der Waals surface area contributed by atoms with Crippen LogP contribution in [0.2, 0.25) is 0 Å². The van der Waals surface area contributed by atoms with E-state index in [0.717, 1.165) is 25.2 Å². The number of allylic oxidation sites excluding steroid dienone is 2. The molecular formula is C15H25N3. The molecule has 0 aromatic carbocycles. The van der Waals surface area contributed by atoms with E-state index in [1.54, 1.807) is 0 Å². The topological polar surface area (TPSA) is 27.6 Å². The highest BCUT2D eigenvalue weighted by atomic mass is 15.2. The molecule has 0 aromatic rings. The summed E-state index contributed by atoms with van der Waals surface area (Å²) in [5.41, 5.74) is 1.30. The molecule has 0 aliphatic carbocycles. The SMILES string of the molecule is CC/C=C(\CN1CCCC1)NC1=CCC(C)C=N1. The van der Waals surface area contributed by atoms with Crippen molar-refractivity contribution in [1.82, 2.24) is 10.2 Å². The molecule has 18 heavy (non-hydrogen) atoms. The molecule has 2 aliphatic rings. The lowest BCUT2D eigenvalue weighted by Gasteiger charge is -2.20. The van der Waals surface area contributed by atoms with Gasteiger partial charge in [0.2, 0.25) is 0 Å². The fourth-order valence-electron chi connectivity index (χ4n) is 2.45. The molecule has 3 nitrogen and oxygen atoms in total. The van der Waals surface area contributed by atoms with Crippen LogP contribution in [0.5, 0.6) is 0 Å². The maximum Gasteiger partial charge on any atom is 0.125 e. The second kappa shape index (κ2) is 6.74. The second-order valence-electron chi connectivity index (χ2n) is 5.33. The highest BCUT2D eigenvalue weighted by molar-refractivity contribution is 5.63. The molecule has 1 atom stereocenters. The van der Waals surface area contributed by atoms with Crippen LogP contribution in [0.15, 0.2) is 28.7 Å². The number of nitrogens with zero attached hydrogens (tertiary/aromatic N) is 2. The Labute approximate surface area is 111 Å². The minimum absolute atomic E-state index is 0.577. The Kier molecular flexibility index (Phi) is 5.00. The zero-order valence-electron chi connectivity index (χ0n) is 11.7. The van der Waals surface area contributed by atoms with E-state index in [0.29, 0.717) is 5.92 Å². The van der Waals surface area contributed by atoms with Crippen LogP contribution >= 0.6 is 0 Å². The molecule has 0 bridgehead atoms. The molecule has 0 saturated carbocycles. The van der Waals surface area contributed by atoms with Gasteiger partial charge in [0, 0.05) is 18.5 Å². The number of hydrogen-bond donors (Lipinski definition) is 1. The zero-order chi connectivity index (χ0) is 12.8. The van der Waals surface area contributed by atoms with Crippen LogP contribution in [0.4, 0.5) is 0 Å².